The lowest BCUT2D eigenvalue weighted by Crippen LogP contribution is -2.10. The van der Waals surface area contributed by atoms with E-state index < -0.39 is 5.91 Å². The van der Waals surface area contributed by atoms with Crippen molar-refractivity contribution in [3.05, 3.63) is 41.5 Å². The van der Waals surface area contributed by atoms with E-state index in [1.807, 2.05) is 12.1 Å². The van der Waals surface area contributed by atoms with Crippen LogP contribution in [0, 0.1) is 0 Å². The number of amides is 1. The van der Waals surface area contributed by atoms with Crippen LogP contribution in [0.1, 0.15) is 15.9 Å². The van der Waals surface area contributed by atoms with E-state index >= 15 is 0 Å². The Bertz CT molecular complexity index is 579. The number of thioether (sulfide) groups is 1. The molecule has 0 aliphatic carbocycles. The quantitative estimate of drug-likeness (QED) is 0.566. The fourth-order valence-electron chi connectivity index (χ4n) is 1.44. The fourth-order valence-corrected chi connectivity index (χ4v) is 2.27. The Morgan fingerprint density at radius 3 is 2.21 bits per heavy atom. The van der Waals surface area contributed by atoms with Crippen LogP contribution in [0.15, 0.2) is 35.5 Å². The van der Waals surface area contributed by atoms with Gasteiger partial charge in [-0.2, -0.15) is 0 Å². The van der Waals surface area contributed by atoms with E-state index in [1.165, 1.54) is 17.8 Å². The van der Waals surface area contributed by atoms with Crippen LogP contribution in [0.5, 0.6) is 0 Å². The molecule has 1 aromatic heterocycles. The molecule has 0 aliphatic heterocycles. The normalized spacial score (nSPS) is 10.3. The number of nitrogens with zero attached hydrogens (tertiary/aromatic N) is 2. The third kappa shape index (κ3) is 3.59. The molecule has 0 saturated heterocycles. The van der Waals surface area contributed by atoms with Crippen LogP contribution in [-0.2, 0) is 5.75 Å². The van der Waals surface area contributed by atoms with Gasteiger partial charge in [-0.05, 0) is 17.7 Å². The highest BCUT2D eigenvalue weighted by Crippen LogP contribution is 2.21. The molecule has 19 heavy (non-hydrogen) atoms. The van der Waals surface area contributed by atoms with Crippen LogP contribution in [0.4, 0.5) is 11.6 Å². The van der Waals surface area contributed by atoms with Crippen LogP contribution in [0.3, 0.4) is 0 Å². The molecule has 1 amide bonds. The topological polar surface area (TPSA) is 121 Å². The minimum atomic E-state index is -0.439. The van der Waals surface area contributed by atoms with Crippen LogP contribution < -0.4 is 17.2 Å². The highest BCUT2D eigenvalue weighted by molar-refractivity contribution is 7.98. The van der Waals surface area contributed by atoms with Crippen molar-refractivity contribution < 1.29 is 4.79 Å². The summed E-state index contributed by atoms with van der Waals surface area (Å²) in [7, 11) is 0. The van der Waals surface area contributed by atoms with Gasteiger partial charge in [0, 0.05) is 17.4 Å². The third-order valence-corrected chi connectivity index (χ3v) is 3.27. The predicted molar refractivity (Wildman–Crippen MR) is 75.4 cm³/mol. The van der Waals surface area contributed by atoms with Crippen LogP contribution >= 0.6 is 11.8 Å². The summed E-state index contributed by atoms with van der Waals surface area (Å²) < 4.78 is 0. The summed E-state index contributed by atoms with van der Waals surface area (Å²) in [5.74, 6) is 0.909. The van der Waals surface area contributed by atoms with Gasteiger partial charge in [-0.1, -0.05) is 23.9 Å². The standard InChI is InChI=1S/C12H13N5OS/c13-9-5-10(14)17-12(16-9)19-6-7-1-3-8(4-2-7)11(15)18/h1-5H,6H2,(H2,15,18)(H4,13,14,16,17). The minimum Gasteiger partial charge on any atom is -0.383 e. The molecule has 0 atom stereocenters. The van der Waals surface area contributed by atoms with Crippen molar-refractivity contribution in [2.75, 3.05) is 11.5 Å². The number of nitrogen functional groups attached to an aromatic ring is 2. The average Bonchev–Trinajstić information content (AvgIpc) is 2.36. The second-order valence-corrected chi connectivity index (χ2v) is 4.79. The lowest BCUT2D eigenvalue weighted by molar-refractivity contribution is 0.100. The lowest BCUT2D eigenvalue weighted by Gasteiger charge is -2.03. The first kappa shape index (κ1) is 13.2. The Morgan fingerprint density at radius 1 is 1.11 bits per heavy atom. The van der Waals surface area contributed by atoms with Crippen molar-refractivity contribution in [3.8, 4) is 0 Å². The molecular weight excluding hydrogens is 262 g/mol. The molecule has 0 fully saturated rings. The van der Waals surface area contributed by atoms with Gasteiger partial charge in [0.2, 0.25) is 5.91 Å². The van der Waals surface area contributed by atoms with Crippen LogP contribution in [0.2, 0.25) is 0 Å². The molecule has 98 valence electrons. The summed E-state index contributed by atoms with van der Waals surface area (Å²) >= 11 is 1.42. The number of primary amides is 1. The van der Waals surface area contributed by atoms with Crippen molar-refractivity contribution in [1.29, 1.82) is 0 Å². The number of carbonyl (C=O) groups is 1. The molecule has 0 unspecified atom stereocenters. The van der Waals surface area contributed by atoms with Gasteiger partial charge in [0.25, 0.3) is 0 Å². The van der Waals surface area contributed by atoms with Gasteiger partial charge in [-0.25, -0.2) is 9.97 Å². The van der Waals surface area contributed by atoms with Crippen molar-refractivity contribution in [1.82, 2.24) is 9.97 Å². The summed E-state index contributed by atoms with van der Waals surface area (Å²) in [6.07, 6.45) is 0. The maximum Gasteiger partial charge on any atom is 0.248 e. The second kappa shape index (κ2) is 5.57. The first-order valence-corrected chi connectivity index (χ1v) is 6.45. The Hall–Kier alpha value is -2.28. The predicted octanol–water partition coefficient (Wildman–Crippen LogP) is 1.03. The first-order chi connectivity index (χ1) is 9.04. The zero-order chi connectivity index (χ0) is 13.8. The SMILES string of the molecule is NC(=O)c1ccc(CSc2nc(N)cc(N)n2)cc1. The van der Waals surface area contributed by atoms with E-state index in [0.717, 1.165) is 5.56 Å². The van der Waals surface area contributed by atoms with Crippen molar-refractivity contribution in [3.63, 3.8) is 0 Å². The molecule has 0 spiro atoms. The van der Waals surface area contributed by atoms with Gasteiger partial charge in [-0.3, -0.25) is 4.79 Å². The Morgan fingerprint density at radius 2 is 1.68 bits per heavy atom. The fraction of sp³-hybridized carbons (Fsp3) is 0.0833. The number of rotatable bonds is 4. The average molecular weight is 275 g/mol. The molecule has 0 bridgehead atoms. The zero-order valence-corrected chi connectivity index (χ0v) is 10.9. The number of benzene rings is 1. The molecule has 2 rings (SSSR count). The molecule has 6 nitrogen and oxygen atoms in total. The Labute approximate surface area is 114 Å². The molecule has 0 radical (unpaired) electrons. The van der Waals surface area contributed by atoms with E-state index in [0.29, 0.717) is 28.1 Å². The minimum absolute atomic E-state index is 0.346. The first-order valence-electron chi connectivity index (χ1n) is 5.46. The molecular formula is C12H13N5OS. The maximum atomic E-state index is 10.9. The van der Waals surface area contributed by atoms with E-state index in [1.54, 1.807) is 12.1 Å². The molecule has 1 heterocycles. The number of hydrogen-bond donors (Lipinski definition) is 3. The van der Waals surface area contributed by atoms with Gasteiger partial charge in [0.05, 0.1) is 0 Å². The number of hydrogen-bond acceptors (Lipinski definition) is 6. The second-order valence-electron chi connectivity index (χ2n) is 3.85. The summed E-state index contributed by atoms with van der Waals surface area (Å²) in [6.45, 7) is 0. The van der Waals surface area contributed by atoms with Gasteiger partial charge in [0.15, 0.2) is 5.16 Å². The van der Waals surface area contributed by atoms with Crippen LogP contribution in [0.25, 0.3) is 0 Å². The van der Waals surface area contributed by atoms with E-state index in [9.17, 15) is 4.79 Å². The van der Waals surface area contributed by atoms with Gasteiger partial charge < -0.3 is 17.2 Å². The Balaban J connectivity index is 2.03. The van der Waals surface area contributed by atoms with Crippen molar-refractivity contribution in [2.45, 2.75) is 10.9 Å². The van der Waals surface area contributed by atoms with E-state index in [-0.39, 0.29) is 0 Å². The number of nitrogens with two attached hydrogens (primary N) is 3. The van der Waals surface area contributed by atoms with E-state index in [4.69, 9.17) is 17.2 Å². The molecule has 0 aliphatic rings. The van der Waals surface area contributed by atoms with E-state index in [2.05, 4.69) is 9.97 Å². The summed E-state index contributed by atoms with van der Waals surface area (Å²) in [6, 6.07) is 8.55. The van der Waals surface area contributed by atoms with Crippen molar-refractivity contribution >= 4 is 29.3 Å². The number of anilines is 2. The number of carbonyl (C=O) groups excluding carboxylic acids is 1. The highest BCUT2D eigenvalue weighted by Gasteiger charge is 2.04. The molecule has 0 saturated carbocycles. The summed E-state index contributed by atoms with van der Waals surface area (Å²) in [5, 5.41) is 0.525. The molecule has 1 aromatic carbocycles. The molecule has 6 N–H and O–H groups in total. The molecule has 2 aromatic rings. The smallest absolute Gasteiger partial charge is 0.248 e. The highest BCUT2D eigenvalue weighted by atomic mass is 32.2. The lowest BCUT2D eigenvalue weighted by atomic mass is 10.1. The van der Waals surface area contributed by atoms with Gasteiger partial charge in [-0.15, -0.1) is 0 Å². The van der Waals surface area contributed by atoms with Gasteiger partial charge in [0.1, 0.15) is 11.6 Å². The van der Waals surface area contributed by atoms with Gasteiger partial charge >= 0.3 is 0 Å². The summed E-state index contributed by atoms with van der Waals surface area (Å²) in [5.41, 5.74) is 17.9. The zero-order valence-electron chi connectivity index (χ0n) is 10.0. The van der Waals surface area contributed by atoms with Crippen molar-refractivity contribution in [2.24, 2.45) is 5.73 Å². The Kier molecular flexibility index (Phi) is 3.86. The summed E-state index contributed by atoms with van der Waals surface area (Å²) in [4.78, 5) is 19.1. The molecule has 7 heteroatoms. The third-order valence-electron chi connectivity index (χ3n) is 2.35. The maximum absolute atomic E-state index is 10.9. The van der Waals surface area contributed by atoms with Crippen LogP contribution in [-0.4, -0.2) is 15.9 Å². The number of aromatic nitrogens is 2. The largest absolute Gasteiger partial charge is 0.383 e. The monoisotopic (exact) mass is 275 g/mol.